The summed E-state index contributed by atoms with van der Waals surface area (Å²) in [5, 5.41) is 25.5. The van der Waals surface area contributed by atoms with Gasteiger partial charge in [0.05, 0.1) is 0 Å². The van der Waals surface area contributed by atoms with Crippen molar-refractivity contribution < 1.29 is 38.6 Å². The monoisotopic (exact) mass is 843 g/mol. The Bertz CT molecular complexity index is 2290. The number of carboxylic acids is 1. The summed E-state index contributed by atoms with van der Waals surface area (Å²) in [7, 11) is 0. The van der Waals surface area contributed by atoms with Gasteiger partial charge < -0.3 is 36.4 Å². The summed E-state index contributed by atoms with van der Waals surface area (Å²) in [6.45, 7) is 2.25. The number of rotatable bonds is 11. The molecule has 6 N–H and O–H groups in total. The Labute approximate surface area is 358 Å². The molecule has 316 valence electrons. The number of aryl methyl sites for hydroxylation is 1. The quantitative estimate of drug-likeness (QED) is 0.106. The Morgan fingerprint density at radius 3 is 1.93 bits per heavy atom. The molecule has 7 rings (SSSR count). The first-order valence-corrected chi connectivity index (χ1v) is 20.9. The highest BCUT2D eigenvalue weighted by molar-refractivity contribution is 7.09. The van der Waals surface area contributed by atoms with Crippen LogP contribution in [0.4, 0.5) is 0 Å². The zero-order valence-corrected chi connectivity index (χ0v) is 34.7. The van der Waals surface area contributed by atoms with Crippen molar-refractivity contribution in [1.29, 1.82) is 0 Å². The minimum atomic E-state index is -1.67. The van der Waals surface area contributed by atoms with Gasteiger partial charge in [0.1, 0.15) is 35.5 Å². The summed E-state index contributed by atoms with van der Waals surface area (Å²) in [6.07, 6.45) is 0.623. The highest BCUT2D eigenvalue weighted by Gasteiger charge is 2.35. The minimum Gasteiger partial charge on any atom is -0.484 e. The maximum atomic E-state index is 14.5. The summed E-state index contributed by atoms with van der Waals surface area (Å²) in [4.78, 5) is 83.1. The van der Waals surface area contributed by atoms with Gasteiger partial charge in [0.2, 0.25) is 23.6 Å². The van der Waals surface area contributed by atoms with Gasteiger partial charge in [0, 0.05) is 24.1 Å². The lowest BCUT2D eigenvalue weighted by molar-refractivity contribution is -0.146. The van der Waals surface area contributed by atoms with E-state index in [-0.39, 0.29) is 25.7 Å². The van der Waals surface area contributed by atoms with Crippen LogP contribution in [0.2, 0.25) is 0 Å². The lowest BCUT2D eigenvalue weighted by Gasteiger charge is -2.28. The largest absolute Gasteiger partial charge is 0.484 e. The third-order valence-corrected chi connectivity index (χ3v) is 11.2. The van der Waals surface area contributed by atoms with Crippen molar-refractivity contribution in [3.63, 3.8) is 0 Å². The molecule has 0 aliphatic carbocycles. The van der Waals surface area contributed by atoms with Gasteiger partial charge in [-0.05, 0) is 78.1 Å². The van der Waals surface area contributed by atoms with Crippen molar-refractivity contribution in [3.8, 4) is 16.9 Å². The van der Waals surface area contributed by atoms with E-state index in [1.165, 1.54) is 25.2 Å². The van der Waals surface area contributed by atoms with Gasteiger partial charge in [-0.25, -0.2) is 4.79 Å². The molecule has 4 aromatic carbocycles. The van der Waals surface area contributed by atoms with Crippen molar-refractivity contribution >= 4 is 46.8 Å². The number of aliphatic carboxylic acids is 1. The van der Waals surface area contributed by atoms with Gasteiger partial charge in [-0.1, -0.05) is 103 Å². The Morgan fingerprint density at radius 2 is 1.30 bits per heavy atom. The molecule has 0 spiro atoms. The molecule has 61 heavy (non-hydrogen) atoms. The van der Waals surface area contributed by atoms with Crippen molar-refractivity contribution in [3.05, 3.63) is 148 Å². The van der Waals surface area contributed by atoms with Gasteiger partial charge in [-0.3, -0.25) is 24.0 Å². The molecule has 5 aromatic rings. The SMILES string of the molecule is CC(C)(NC(=O)[C@@H]1Cc2ccc(cc2)OCC(=O)N[C@@H](Cc2cccs2)C(=O)N[C@H](Cc2ccc(-c3ccccc3)cc2)C(=O)N[C@@H](CCc2ccccc2)C(=O)N1)C(=O)O. The Kier molecular flexibility index (Phi) is 14.7. The molecule has 2 aliphatic heterocycles. The van der Waals surface area contributed by atoms with Crippen molar-refractivity contribution in [2.45, 2.75) is 75.7 Å². The van der Waals surface area contributed by atoms with Crippen LogP contribution in [0, 0.1) is 0 Å². The van der Waals surface area contributed by atoms with Crippen LogP contribution in [0.25, 0.3) is 11.1 Å². The van der Waals surface area contributed by atoms with E-state index in [2.05, 4.69) is 26.6 Å². The third-order valence-electron chi connectivity index (χ3n) is 10.3. The maximum absolute atomic E-state index is 14.5. The minimum absolute atomic E-state index is 0.0335. The summed E-state index contributed by atoms with van der Waals surface area (Å²) in [5.41, 5.74) is 2.51. The predicted octanol–water partition coefficient (Wildman–Crippen LogP) is 4.39. The average molecular weight is 844 g/mol. The van der Waals surface area contributed by atoms with Crippen LogP contribution in [-0.2, 0) is 54.5 Å². The average Bonchev–Trinajstić information content (AvgIpc) is 3.77. The molecule has 4 atom stereocenters. The number of nitrogens with one attached hydrogen (secondary N) is 5. The number of fused-ring (bicyclic) bond motifs is 16. The predicted molar refractivity (Wildman–Crippen MR) is 232 cm³/mol. The lowest BCUT2D eigenvalue weighted by atomic mass is 9.98. The van der Waals surface area contributed by atoms with Gasteiger partial charge in [0.15, 0.2) is 6.61 Å². The van der Waals surface area contributed by atoms with E-state index in [9.17, 15) is 33.9 Å². The highest BCUT2D eigenvalue weighted by Crippen LogP contribution is 2.21. The van der Waals surface area contributed by atoms with E-state index in [1.54, 1.807) is 24.3 Å². The molecule has 1 aromatic heterocycles. The first-order chi connectivity index (χ1) is 29.3. The number of hydrogen-bond acceptors (Lipinski definition) is 8. The molecule has 0 unspecified atom stereocenters. The van der Waals surface area contributed by atoms with Gasteiger partial charge >= 0.3 is 5.97 Å². The van der Waals surface area contributed by atoms with Crippen LogP contribution in [0.1, 0.15) is 41.8 Å². The number of carboxylic acid groups (broad SMARTS) is 1. The molecule has 14 heteroatoms. The second kappa shape index (κ2) is 20.4. The van der Waals surface area contributed by atoms with E-state index in [0.717, 1.165) is 27.1 Å². The molecule has 0 saturated carbocycles. The van der Waals surface area contributed by atoms with Crippen LogP contribution >= 0.6 is 11.3 Å². The van der Waals surface area contributed by atoms with Gasteiger partial charge in [-0.2, -0.15) is 0 Å². The first-order valence-electron chi connectivity index (χ1n) is 20.0. The zero-order chi connectivity index (χ0) is 43.4. The van der Waals surface area contributed by atoms with E-state index in [1.807, 2.05) is 102 Å². The number of benzene rings is 4. The van der Waals surface area contributed by atoms with E-state index >= 15 is 0 Å². The van der Waals surface area contributed by atoms with Crippen LogP contribution in [0.15, 0.2) is 127 Å². The van der Waals surface area contributed by atoms with Crippen molar-refractivity contribution in [1.82, 2.24) is 26.6 Å². The summed E-state index contributed by atoms with van der Waals surface area (Å²) in [5.74, 6) is -4.23. The standard InChI is InChI=1S/C47H49N5O8S/c1-47(2,46(58)59)52-45(57)39-27-32-17-22-35(23-18-32)60-29-41(53)48-40(28-36-14-9-25-61-36)44(56)50-38(26-31-15-20-34(21-16-31)33-12-7-4-8-13-33)43(55)49-37(42(54)51-39)24-19-30-10-5-3-6-11-30/h3-18,20-23,25,37-40H,19,24,26-29H2,1-2H3,(H,48,53)(H,49,55)(H,50,56)(H,51,54)(H,52,57)(H,58,59)/t37-,38+,39-,40-/m0/s1. The van der Waals surface area contributed by atoms with Gasteiger partial charge in [0.25, 0.3) is 5.91 Å². The van der Waals surface area contributed by atoms with Crippen molar-refractivity contribution in [2.75, 3.05) is 6.61 Å². The number of carbonyl (C=O) groups excluding carboxylic acids is 5. The van der Waals surface area contributed by atoms with E-state index in [0.29, 0.717) is 17.7 Å². The molecule has 5 amide bonds. The highest BCUT2D eigenvalue weighted by atomic mass is 32.1. The fourth-order valence-electron chi connectivity index (χ4n) is 6.79. The molecule has 3 heterocycles. The van der Waals surface area contributed by atoms with Crippen LogP contribution < -0.4 is 31.3 Å². The van der Waals surface area contributed by atoms with E-state index in [4.69, 9.17) is 4.74 Å². The maximum Gasteiger partial charge on any atom is 0.328 e. The second-order valence-electron chi connectivity index (χ2n) is 15.4. The zero-order valence-electron chi connectivity index (χ0n) is 33.9. The Hall–Kier alpha value is -6.80. The lowest BCUT2D eigenvalue weighted by Crippen LogP contribution is -2.60. The van der Waals surface area contributed by atoms with Crippen LogP contribution in [0.5, 0.6) is 5.75 Å². The molecule has 0 fully saturated rings. The summed E-state index contributed by atoms with van der Waals surface area (Å²) in [6, 6.07) is 32.2. The molecular weight excluding hydrogens is 795 g/mol. The topological polar surface area (TPSA) is 192 Å². The summed E-state index contributed by atoms with van der Waals surface area (Å²) >= 11 is 1.42. The van der Waals surface area contributed by atoms with E-state index < -0.39 is 71.8 Å². The van der Waals surface area contributed by atoms with Crippen molar-refractivity contribution in [2.24, 2.45) is 0 Å². The molecule has 2 bridgehead atoms. The number of thiophene rings is 1. The fourth-order valence-corrected chi connectivity index (χ4v) is 7.54. The second-order valence-corrected chi connectivity index (χ2v) is 16.5. The van der Waals surface area contributed by atoms with Crippen LogP contribution in [0.3, 0.4) is 0 Å². The smallest absolute Gasteiger partial charge is 0.328 e. The van der Waals surface area contributed by atoms with Crippen LogP contribution in [-0.4, -0.2) is 76.9 Å². The number of ether oxygens (including phenoxy) is 1. The first kappa shape index (κ1) is 43.8. The fraction of sp³-hybridized carbons (Fsp3) is 0.277. The van der Waals surface area contributed by atoms with Gasteiger partial charge in [-0.15, -0.1) is 11.3 Å². The molecule has 0 radical (unpaired) electrons. The Morgan fingerprint density at radius 1 is 0.689 bits per heavy atom. The number of hydrogen-bond donors (Lipinski definition) is 6. The number of amides is 5. The number of carbonyl (C=O) groups is 6. The molecule has 0 saturated heterocycles. The molecular formula is C47H49N5O8S. The summed E-state index contributed by atoms with van der Waals surface area (Å²) < 4.78 is 5.76. The molecule has 2 aliphatic rings. The normalized spacial score (nSPS) is 19.1. The molecule has 13 nitrogen and oxygen atoms in total. The third kappa shape index (κ3) is 12.6. The Balaban J connectivity index is 1.35.